The van der Waals surface area contributed by atoms with Crippen LogP contribution in [-0.2, 0) is 17.5 Å². The maximum Gasteiger partial charge on any atom is 0.434 e. The molecular formula is C23H24ClF4N7O2S. The number of hydrogen-bond donors (Lipinski definition) is 3. The van der Waals surface area contributed by atoms with E-state index < -0.39 is 41.0 Å². The van der Waals surface area contributed by atoms with Crippen molar-refractivity contribution in [2.24, 2.45) is 5.14 Å². The Bertz CT molecular complexity index is 1300. The van der Waals surface area contributed by atoms with Gasteiger partial charge < -0.3 is 25.1 Å². The molecule has 2 unspecified atom stereocenters. The summed E-state index contributed by atoms with van der Waals surface area (Å²) in [6.07, 6.45) is -2.79. The summed E-state index contributed by atoms with van der Waals surface area (Å²) in [5, 5.41) is 16.6. The molecule has 3 heterocycles. The van der Waals surface area contributed by atoms with E-state index in [0.717, 1.165) is 12.3 Å². The third-order valence-electron chi connectivity index (χ3n) is 6.57. The van der Waals surface area contributed by atoms with Gasteiger partial charge in [-0.3, -0.25) is 9.78 Å². The van der Waals surface area contributed by atoms with Crippen molar-refractivity contribution in [3.63, 3.8) is 0 Å². The topological polar surface area (TPSA) is 134 Å². The molecule has 1 aromatic heterocycles. The second-order valence-electron chi connectivity index (χ2n) is 8.87. The molecular weight excluding hydrogens is 550 g/mol. The van der Waals surface area contributed by atoms with E-state index in [-0.39, 0.29) is 51.6 Å². The lowest BCUT2D eigenvalue weighted by atomic mass is 9.91. The molecule has 0 bridgehead atoms. The Labute approximate surface area is 223 Å². The summed E-state index contributed by atoms with van der Waals surface area (Å²) >= 11 is 4.97. The number of anilines is 1. The number of piperidine rings is 1. The smallest absolute Gasteiger partial charge is 0.434 e. The number of nitrogens with one attached hydrogen (secondary N) is 2. The SMILES string of the molecule is CN/C(=C1/CCN(C(=O)c2cc(F)cc(N3CC([S+](N)[O-])C3)c2Cl)C(C)C1=N)c1cncc(C(F)(F)F)n1. The van der Waals surface area contributed by atoms with Crippen molar-refractivity contribution in [2.45, 2.75) is 30.8 Å². The van der Waals surface area contributed by atoms with Crippen molar-refractivity contribution < 1.29 is 26.9 Å². The Kier molecular flexibility index (Phi) is 7.89. The van der Waals surface area contributed by atoms with Gasteiger partial charge in [-0.25, -0.2) is 9.37 Å². The molecule has 0 aliphatic carbocycles. The van der Waals surface area contributed by atoms with Crippen molar-refractivity contribution in [3.8, 4) is 0 Å². The average molecular weight is 574 g/mol. The van der Waals surface area contributed by atoms with Crippen LogP contribution in [0.1, 0.15) is 35.1 Å². The van der Waals surface area contributed by atoms with Crippen LogP contribution in [0.5, 0.6) is 0 Å². The van der Waals surface area contributed by atoms with Gasteiger partial charge in [0, 0.05) is 30.5 Å². The Morgan fingerprint density at radius 1 is 1.32 bits per heavy atom. The van der Waals surface area contributed by atoms with E-state index >= 15 is 0 Å². The zero-order chi connectivity index (χ0) is 27.9. The monoisotopic (exact) mass is 573 g/mol. The summed E-state index contributed by atoms with van der Waals surface area (Å²) in [6.45, 7) is 2.28. The molecule has 15 heteroatoms. The quantitative estimate of drug-likeness (QED) is 0.370. The minimum absolute atomic E-state index is 0.0167. The number of alkyl halides is 3. The van der Waals surface area contributed by atoms with Gasteiger partial charge in [0.2, 0.25) is 0 Å². The molecule has 38 heavy (non-hydrogen) atoms. The molecule has 9 nitrogen and oxygen atoms in total. The van der Waals surface area contributed by atoms with Gasteiger partial charge in [0.15, 0.2) is 10.9 Å². The molecule has 2 saturated heterocycles. The van der Waals surface area contributed by atoms with Gasteiger partial charge in [-0.2, -0.15) is 18.3 Å². The third-order valence-corrected chi connectivity index (χ3v) is 7.93. The molecule has 2 aliphatic rings. The van der Waals surface area contributed by atoms with E-state index in [2.05, 4.69) is 15.3 Å². The second-order valence-corrected chi connectivity index (χ2v) is 10.6. The van der Waals surface area contributed by atoms with Crippen LogP contribution in [0.15, 0.2) is 30.1 Å². The fourth-order valence-corrected chi connectivity index (χ4v) is 5.42. The van der Waals surface area contributed by atoms with E-state index in [9.17, 15) is 26.9 Å². The molecule has 0 radical (unpaired) electrons. The average Bonchev–Trinajstić information content (AvgIpc) is 2.82. The largest absolute Gasteiger partial charge is 0.598 e. The minimum atomic E-state index is -4.69. The summed E-state index contributed by atoms with van der Waals surface area (Å²) in [7, 11) is 1.49. The number of nitrogens with two attached hydrogens (primary N) is 1. The number of likely N-dealkylation sites (tertiary alicyclic amines) is 1. The fourth-order valence-electron chi connectivity index (χ4n) is 4.46. The first-order valence-corrected chi connectivity index (χ1v) is 13.1. The first-order chi connectivity index (χ1) is 17.8. The van der Waals surface area contributed by atoms with Crippen LogP contribution in [0.4, 0.5) is 23.2 Å². The van der Waals surface area contributed by atoms with Crippen molar-refractivity contribution >= 4 is 46.0 Å². The van der Waals surface area contributed by atoms with Crippen LogP contribution >= 0.6 is 11.6 Å². The molecule has 4 N–H and O–H groups in total. The first kappa shape index (κ1) is 28.1. The number of aromatic nitrogens is 2. The standard InChI is InChI=1S/C23H24ClF4N7O2S/c1-11-20(29)14(21(31-2)16-7-32-8-18(33-16)23(26,27)28)3-4-35(11)22(36)15-5-12(25)6-17(19(15)24)34-9-13(10-34)38(30)37/h5-8,11,13,29,31H,3-4,9-10,30H2,1-2H3/b21-14-,29-20?. The Morgan fingerprint density at radius 3 is 2.61 bits per heavy atom. The predicted molar refractivity (Wildman–Crippen MR) is 136 cm³/mol. The molecule has 2 aromatic rings. The highest BCUT2D eigenvalue weighted by Gasteiger charge is 2.39. The summed E-state index contributed by atoms with van der Waals surface area (Å²) in [5.41, 5.74) is -0.511. The van der Waals surface area contributed by atoms with Crippen LogP contribution in [-0.4, -0.2) is 69.0 Å². The van der Waals surface area contributed by atoms with Crippen LogP contribution in [0.2, 0.25) is 5.02 Å². The highest BCUT2D eigenvalue weighted by atomic mass is 35.5. The molecule has 204 valence electrons. The number of amides is 1. The molecule has 2 atom stereocenters. The van der Waals surface area contributed by atoms with Crippen LogP contribution in [0.25, 0.3) is 5.70 Å². The van der Waals surface area contributed by atoms with E-state index in [1.54, 1.807) is 11.8 Å². The molecule has 0 spiro atoms. The number of hydrogen-bond acceptors (Lipinski definition) is 8. The minimum Gasteiger partial charge on any atom is -0.598 e. The fraction of sp³-hybridized carbons (Fsp3) is 0.391. The van der Waals surface area contributed by atoms with Gasteiger partial charge in [0.25, 0.3) is 5.91 Å². The highest BCUT2D eigenvalue weighted by Crippen LogP contribution is 2.36. The second kappa shape index (κ2) is 10.7. The summed E-state index contributed by atoms with van der Waals surface area (Å²) < 4.78 is 65.4. The van der Waals surface area contributed by atoms with Gasteiger partial charge in [0.05, 0.1) is 59.2 Å². The van der Waals surface area contributed by atoms with Crippen LogP contribution < -0.4 is 15.4 Å². The summed E-state index contributed by atoms with van der Waals surface area (Å²) in [6, 6.07) is 1.40. The lowest BCUT2D eigenvalue weighted by molar-refractivity contribution is -0.141. The number of carbonyl (C=O) groups excluding carboxylic acids is 1. The van der Waals surface area contributed by atoms with Crippen LogP contribution in [0.3, 0.4) is 0 Å². The van der Waals surface area contributed by atoms with Crippen LogP contribution in [0, 0.1) is 11.2 Å². The highest BCUT2D eigenvalue weighted by molar-refractivity contribution is 7.89. The lowest BCUT2D eigenvalue weighted by Crippen LogP contribution is -2.57. The molecule has 4 rings (SSSR count). The number of rotatable bonds is 5. The number of carbonyl (C=O) groups is 1. The van der Waals surface area contributed by atoms with E-state index in [1.807, 2.05) is 0 Å². The van der Waals surface area contributed by atoms with Gasteiger partial charge in [-0.05, 0) is 25.5 Å². The predicted octanol–water partition coefficient (Wildman–Crippen LogP) is 2.98. The van der Waals surface area contributed by atoms with E-state index in [0.29, 0.717) is 24.9 Å². The van der Waals surface area contributed by atoms with Gasteiger partial charge in [-0.15, -0.1) is 0 Å². The molecule has 0 saturated carbocycles. The van der Waals surface area contributed by atoms with Crippen molar-refractivity contribution in [2.75, 3.05) is 31.6 Å². The Balaban J connectivity index is 1.60. The maximum absolute atomic E-state index is 14.5. The zero-order valence-electron chi connectivity index (χ0n) is 20.3. The van der Waals surface area contributed by atoms with Crippen molar-refractivity contribution in [1.82, 2.24) is 20.2 Å². The molecule has 1 amide bonds. The Morgan fingerprint density at radius 2 is 2.00 bits per heavy atom. The summed E-state index contributed by atoms with van der Waals surface area (Å²) in [4.78, 5) is 23.8. The number of benzene rings is 1. The summed E-state index contributed by atoms with van der Waals surface area (Å²) in [5.74, 6) is -1.29. The first-order valence-electron chi connectivity index (χ1n) is 11.4. The van der Waals surface area contributed by atoms with Gasteiger partial charge in [-0.1, -0.05) is 11.6 Å². The maximum atomic E-state index is 14.5. The number of halogens is 5. The van der Waals surface area contributed by atoms with Crippen molar-refractivity contribution in [1.29, 1.82) is 5.41 Å². The molecule has 2 fully saturated rings. The van der Waals surface area contributed by atoms with E-state index in [4.69, 9.17) is 22.1 Å². The molecule has 2 aliphatic heterocycles. The van der Waals surface area contributed by atoms with Gasteiger partial charge in [0.1, 0.15) is 11.5 Å². The molecule has 1 aromatic carbocycles. The van der Waals surface area contributed by atoms with Crippen molar-refractivity contribution in [3.05, 3.63) is 57.9 Å². The van der Waals surface area contributed by atoms with Gasteiger partial charge >= 0.3 is 6.18 Å². The normalized spacial score (nSPS) is 20.8. The van der Waals surface area contributed by atoms with E-state index in [1.165, 1.54) is 18.0 Å². The Hall–Kier alpha value is -2.94. The lowest BCUT2D eigenvalue weighted by Gasteiger charge is -2.40. The number of nitrogens with zero attached hydrogens (tertiary/aromatic N) is 4. The zero-order valence-corrected chi connectivity index (χ0v) is 21.8. The third kappa shape index (κ3) is 5.30.